The molecule has 0 radical (unpaired) electrons. The molecule has 0 spiro atoms. The average Bonchev–Trinajstić information content (AvgIpc) is 3.42. The fourth-order valence-corrected chi connectivity index (χ4v) is 2.76. The fraction of sp³-hybridized carbons (Fsp3) is 0.350. The molecule has 3 heteroatoms. The van der Waals surface area contributed by atoms with E-state index in [1.807, 2.05) is 54.6 Å². The molecule has 1 saturated carbocycles. The molecular formula is C20H22O3. The number of esters is 1. The average molecular weight is 310 g/mol. The minimum absolute atomic E-state index is 0.155. The predicted molar refractivity (Wildman–Crippen MR) is 89.3 cm³/mol. The topological polar surface area (TPSA) is 35.5 Å². The third-order valence-corrected chi connectivity index (χ3v) is 4.26. The van der Waals surface area contributed by atoms with Gasteiger partial charge >= 0.3 is 5.97 Å². The predicted octanol–water partition coefficient (Wildman–Crippen LogP) is 4.32. The molecular weight excluding hydrogens is 288 g/mol. The van der Waals surface area contributed by atoms with Crippen molar-refractivity contribution in [1.29, 1.82) is 0 Å². The zero-order valence-corrected chi connectivity index (χ0v) is 13.4. The van der Waals surface area contributed by atoms with Gasteiger partial charge < -0.3 is 9.47 Å². The van der Waals surface area contributed by atoms with Crippen LogP contribution in [0.25, 0.3) is 0 Å². The van der Waals surface area contributed by atoms with Gasteiger partial charge in [-0.2, -0.15) is 0 Å². The Morgan fingerprint density at radius 3 is 2.61 bits per heavy atom. The second kappa shape index (κ2) is 7.32. The molecule has 0 bridgehead atoms. The van der Waals surface area contributed by atoms with Crippen LogP contribution in [0.15, 0.2) is 54.6 Å². The third-order valence-electron chi connectivity index (χ3n) is 4.26. The molecule has 1 aliphatic rings. The van der Waals surface area contributed by atoms with Crippen LogP contribution in [0.3, 0.4) is 0 Å². The van der Waals surface area contributed by atoms with Gasteiger partial charge in [0, 0.05) is 0 Å². The van der Waals surface area contributed by atoms with Crippen molar-refractivity contribution in [3.8, 4) is 5.75 Å². The monoisotopic (exact) mass is 310 g/mol. The number of hydrogen-bond acceptors (Lipinski definition) is 3. The number of methoxy groups -OCH3 is 1. The zero-order valence-electron chi connectivity index (χ0n) is 13.4. The van der Waals surface area contributed by atoms with Crippen LogP contribution in [0.2, 0.25) is 0 Å². The first kappa shape index (κ1) is 15.6. The van der Waals surface area contributed by atoms with E-state index in [-0.39, 0.29) is 11.9 Å². The highest BCUT2D eigenvalue weighted by atomic mass is 16.5. The van der Waals surface area contributed by atoms with Crippen LogP contribution in [0.5, 0.6) is 5.75 Å². The summed E-state index contributed by atoms with van der Waals surface area (Å²) in [5.74, 6) is 1.11. The molecule has 1 atom stereocenters. The summed E-state index contributed by atoms with van der Waals surface area (Å²) < 4.78 is 10.8. The normalized spacial score (nSPS) is 15.0. The smallest absolute Gasteiger partial charge is 0.313 e. The molecule has 0 saturated heterocycles. The Morgan fingerprint density at radius 2 is 1.91 bits per heavy atom. The van der Waals surface area contributed by atoms with E-state index >= 15 is 0 Å². The van der Waals surface area contributed by atoms with Gasteiger partial charge in [0.15, 0.2) is 0 Å². The maximum absolute atomic E-state index is 12.1. The molecule has 0 heterocycles. The van der Waals surface area contributed by atoms with Crippen molar-refractivity contribution in [3.05, 3.63) is 65.7 Å². The summed E-state index contributed by atoms with van der Waals surface area (Å²) >= 11 is 0. The summed E-state index contributed by atoms with van der Waals surface area (Å²) in [6.45, 7) is 0.524. The largest absolute Gasteiger partial charge is 0.489 e. The van der Waals surface area contributed by atoms with Crippen LogP contribution in [0.4, 0.5) is 0 Å². The summed E-state index contributed by atoms with van der Waals surface area (Å²) in [6.07, 6.45) is 3.31. The first-order chi connectivity index (χ1) is 11.3. The number of carbonyl (C=O) groups is 1. The van der Waals surface area contributed by atoms with E-state index in [4.69, 9.17) is 9.47 Å². The van der Waals surface area contributed by atoms with E-state index in [1.165, 1.54) is 20.0 Å². The SMILES string of the molecule is COC(=O)C(CC1CC1)c1cccc(OCc2ccccc2)c1. The highest BCUT2D eigenvalue weighted by molar-refractivity contribution is 5.78. The Balaban J connectivity index is 1.70. The lowest BCUT2D eigenvalue weighted by Gasteiger charge is -2.16. The Morgan fingerprint density at radius 1 is 1.13 bits per heavy atom. The maximum Gasteiger partial charge on any atom is 0.313 e. The maximum atomic E-state index is 12.1. The van der Waals surface area contributed by atoms with Crippen LogP contribution in [0.1, 0.15) is 36.3 Å². The Kier molecular flexibility index (Phi) is 4.96. The van der Waals surface area contributed by atoms with Gasteiger partial charge in [0.1, 0.15) is 12.4 Å². The van der Waals surface area contributed by atoms with E-state index in [1.54, 1.807) is 0 Å². The van der Waals surface area contributed by atoms with Gasteiger partial charge in [-0.15, -0.1) is 0 Å². The van der Waals surface area contributed by atoms with Crippen molar-refractivity contribution < 1.29 is 14.3 Å². The fourth-order valence-electron chi connectivity index (χ4n) is 2.76. The van der Waals surface area contributed by atoms with Crippen molar-refractivity contribution in [3.63, 3.8) is 0 Å². The molecule has 23 heavy (non-hydrogen) atoms. The molecule has 120 valence electrons. The molecule has 2 aromatic rings. The number of benzene rings is 2. The number of ether oxygens (including phenoxy) is 2. The third kappa shape index (κ3) is 4.35. The molecule has 0 amide bonds. The van der Waals surface area contributed by atoms with E-state index in [2.05, 4.69) is 0 Å². The van der Waals surface area contributed by atoms with Crippen molar-refractivity contribution in [2.75, 3.05) is 7.11 Å². The van der Waals surface area contributed by atoms with Gasteiger partial charge in [0.05, 0.1) is 13.0 Å². The van der Waals surface area contributed by atoms with Crippen molar-refractivity contribution in [2.24, 2.45) is 5.92 Å². The minimum Gasteiger partial charge on any atom is -0.489 e. The summed E-state index contributed by atoms with van der Waals surface area (Å²) in [4.78, 5) is 12.1. The molecule has 0 aromatic heterocycles. The zero-order chi connectivity index (χ0) is 16.1. The van der Waals surface area contributed by atoms with Crippen LogP contribution in [-0.4, -0.2) is 13.1 Å². The molecule has 0 aliphatic heterocycles. The van der Waals surface area contributed by atoms with Crippen molar-refractivity contribution >= 4 is 5.97 Å². The second-order valence-corrected chi connectivity index (χ2v) is 6.10. The van der Waals surface area contributed by atoms with Crippen LogP contribution < -0.4 is 4.74 Å². The number of carbonyl (C=O) groups excluding carboxylic acids is 1. The lowest BCUT2D eigenvalue weighted by molar-refractivity contribution is -0.142. The van der Waals surface area contributed by atoms with Gasteiger partial charge in [-0.25, -0.2) is 0 Å². The first-order valence-corrected chi connectivity index (χ1v) is 8.11. The molecule has 1 unspecified atom stereocenters. The number of hydrogen-bond donors (Lipinski definition) is 0. The van der Waals surface area contributed by atoms with Crippen LogP contribution in [-0.2, 0) is 16.1 Å². The van der Waals surface area contributed by atoms with Gasteiger partial charge in [-0.1, -0.05) is 55.3 Å². The standard InChI is InChI=1S/C20H22O3/c1-22-20(21)19(12-15-10-11-15)17-8-5-9-18(13-17)23-14-16-6-3-2-4-7-16/h2-9,13,15,19H,10-12,14H2,1H3. The summed E-state index contributed by atoms with van der Waals surface area (Å²) in [5.41, 5.74) is 2.11. The Labute approximate surface area is 137 Å². The van der Waals surface area contributed by atoms with E-state index in [0.29, 0.717) is 12.5 Å². The molecule has 1 aliphatic carbocycles. The van der Waals surface area contributed by atoms with Gasteiger partial charge in [-0.3, -0.25) is 4.79 Å². The van der Waals surface area contributed by atoms with Gasteiger partial charge in [0.2, 0.25) is 0 Å². The molecule has 3 rings (SSSR count). The summed E-state index contributed by atoms with van der Waals surface area (Å²) in [5, 5.41) is 0. The Bertz CT molecular complexity index is 647. The van der Waals surface area contributed by atoms with E-state index in [9.17, 15) is 4.79 Å². The van der Waals surface area contributed by atoms with Gasteiger partial charge in [-0.05, 0) is 35.6 Å². The second-order valence-electron chi connectivity index (χ2n) is 6.10. The summed E-state index contributed by atoms with van der Waals surface area (Å²) in [6, 6.07) is 17.9. The quantitative estimate of drug-likeness (QED) is 0.714. The molecule has 2 aromatic carbocycles. The molecule has 0 N–H and O–H groups in total. The van der Waals surface area contributed by atoms with Gasteiger partial charge in [0.25, 0.3) is 0 Å². The highest BCUT2D eigenvalue weighted by Gasteiger charge is 2.31. The van der Waals surface area contributed by atoms with Crippen LogP contribution in [0, 0.1) is 5.92 Å². The van der Waals surface area contributed by atoms with E-state index < -0.39 is 0 Å². The summed E-state index contributed by atoms with van der Waals surface area (Å²) in [7, 11) is 1.46. The molecule has 3 nitrogen and oxygen atoms in total. The minimum atomic E-state index is -0.187. The first-order valence-electron chi connectivity index (χ1n) is 8.11. The van der Waals surface area contributed by atoms with Crippen molar-refractivity contribution in [1.82, 2.24) is 0 Å². The molecule has 1 fully saturated rings. The van der Waals surface area contributed by atoms with Crippen molar-refractivity contribution in [2.45, 2.75) is 31.8 Å². The van der Waals surface area contributed by atoms with E-state index in [0.717, 1.165) is 23.3 Å². The lowest BCUT2D eigenvalue weighted by atomic mass is 9.93. The van der Waals surface area contributed by atoms with Crippen LogP contribution >= 0.6 is 0 Å². The lowest BCUT2D eigenvalue weighted by Crippen LogP contribution is -2.15. The Hall–Kier alpha value is -2.29. The highest BCUT2D eigenvalue weighted by Crippen LogP contribution is 2.39. The number of rotatable bonds is 7.